The summed E-state index contributed by atoms with van der Waals surface area (Å²) in [6.07, 6.45) is -12.5. The number of carbonyl (C=O) groups excluding carboxylic acids is 3. The number of carboxylic acid groups (broad SMARTS) is 1. The number of alkyl halides is 8. The quantitative estimate of drug-likeness (QED) is 0.0342. The lowest BCUT2D eigenvalue weighted by Gasteiger charge is -2.38. The number of nitrogens with zero attached hydrogens (tertiary/aromatic N) is 6. The maximum atomic E-state index is 16.0. The first-order chi connectivity index (χ1) is 37.0. The zero-order chi connectivity index (χ0) is 58.2. The molecule has 0 saturated carbocycles. The van der Waals surface area contributed by atoms with E-state index in [1.54, 1.807) is 12.3 Å². The first-order valence-corrected chi connectivity index (χ1v) is 24.4. The molecule has 4 aromatic rings. The lowest BCUT2D eigenvalue weighted by molar-refractivity contribution is -0.221. The second-order valence-electron chi connectivity index (χ2n) is 19.9. The Labute approximate surface area is 446 Å². The van der Waals surface area contributed by atoms with E-state index in [0.717, 1.165) is 71.1 Å². The second kappa shape index (κ2) is 25.3. The molecule has 5 unspecified atom stereocenters. The van der Waals surface area contributed by atoms with Gasteiger partial charge in [0.25, 0.3) is 5.91 Å². The van der Waals surface area contributed by atoms with Crippen LogP contribution in [0.3, 0.4) is 0 Å². The minimum absolute atomic E-state index is 0.186. The lowest BCUT2D eigenvalue weighted by atomic mass is 9.82. The van der Waals surface area contributed by atoms with Crippen LogP contribution in [0.25, 0.3) is 11.1 Å². The molecule has 79 heavy (non-hydrogen) atoms. The smallest absolute Gasteiger partial charge is 0.407 e. The molecule has 2 aromatic carbocycles. The SMILES string of the molecule is COC(=O)NC(C(=O)NC(Cc1ccc(C#Cc2ccc(N3CCN(C4CCOC4)CC3)nc2)cc1)C(O)CN(Cc1c(F)cc(-c2cnn(C(F)F)c2)cc1F)NC(=O)C(NC(=O)O)C(C)(C)C(F)(F)F)C(C)(C)C(F)(F)F. The van der Waals surface area contributed by atoms with Gasteiger partial charge in [0, 0.05) is 86.6 Å². The fourth-order valence-electron chi connectivity index (χ4n) is 8.65. The van der Waals surface area contributed by atoms with Crippen molar-refractivity contribution < 1.29 is 82.8 Å². The molecule has 2 saturated heterocycles. The van der Waals surface area contributed by atoms with Gasteiger partial charge >= 0.3 is 31.1 Å². The normalized spacial score (nSPS) is 17.1. The number of amides is 4. The molecule has 0 aliphatic carbocycles. The topological polar surface area (TPSA) is 216 Å². The molecular formula is C51H58F10N10O8. The zero-order valence-corrected chi connectivity index (χ0v) is 43.2. The fourth-order valence-corrected chi connectivity index (χ4v) is 8.65. The molecule has 0 radical (unpaired) electrons. The number of carbonyl (C=O) groups is 4. The van der Waals surface area contributed by atoms with Gasteiger partial charge in [-0.15, -0.1) is 0 Å². The van der Waals surface area contributed by atoms with Crippen LogP contribution in [0.2, 0.25) is 0 Å². The van der Waals surface area contributed by atoms with E-state index < -0.39 is 115 Å². The highest BCUT2D eigenvalue weighted by atomic mass is 19.4. The molecular weight excluding hydrogens is 1070 g/mol. The van der Waals surface area contributed by atoms with Gasteiger partial charge in [-0.2, -0.15) is 40.2 Å². The van der Waals surface area contributed by atoms with Gasteiger partial charge in [0.2, 0.25) is 5.91 Å². The van der Waals surface area contributed by atoms with Crippen molar-refractivity contribution in [2.24, 2.45) is 10.8 Å². The van der Waals surface area contributed by atoms with E-state index in [2.05, 4.69) is 41.8 Å². The largest absolute Gasteiger partial charge is 0.465 e. The summed E-state index contributed by atoms with van der Waals surface area (Å²) < 4.78 is 155. The molecule has 2 fully saturated rings. The standard InChI is InChI=1S/C51H58F10N10O8/c1-48(2,50(56,57)58)41(66-47(77)78-5)43(73)64-38(20-30-9-6-29(7-10-30)8-11-31-12-13-40(62-23-31)69-17-15-68(16-18-69)34-14-19-79-28-34)39(72)27-70(67-44(74)42(65-46(75)76)49(3,4)51(59,60)61)26-35-36(52)21-32(22-37(35)53)33-24-63-71(25-33)45(54)55/h6-7,9-10,12-13,21-25,34,38-39,41-42,45,65,72H,14-20,26-28H2,1-5H3,(H,64,73)(H,66,77)(H,67,74)(H,75,76). The van der Waals surface area contributed by atoms with Gasteiger partial charge in [-0.1, -0.05) is 24.0 Å². The summed E-state index contributed by atoms with van der Waals surface area (Å²) in [5, 5.41) is 30.9. The summed E-state index contributed by atoms with van der Waals surface area (Å²) in [6, 6.07) is 4.43. The van der Waals surface area contributed by atoms with Crippen molar-refractivity contribution in [3.63, 3.8) is 0 Å². The first-order valence-electron chi connectivity index (χ1n) is 24.4. The maximum absolute atomic E-state index is 16.0. The van der Waals surface area contributed by atoms with Crippen LogP contribution in [0.4, 0.5) is 59.3 Å². The van der Waals surface area contributed by atoms with Gasteiger partial charge in [-0.05, 0) is 88.1 Å². The number of aliphatic hydroxyl groups excluding tert-OH is 1. The van der Waals surface area contributed by atoms with E-state index in [4.69, 9.17) is 4.74 Å². The molecule has 6 N–H and O–H groups in total. The molecule has 2 aromatic heterocycles. The van der Waals surface area contributed by atoms with Crippen molar-refractivity contribution in [1.29, 1.82) is 0 Å². The number of halogens is 10. The average Bonchev–Trinajstić information content (AvgIpc) is 4.15. The number of hydrogen-bond donors (Lipinski definition) is 6. The Bertz CT molecular complexity index is 2800. The summed E-state index contributed by atoms with van der Waals surface area (Å²) in [6.45, 7) is 1.41. The van der Waals surface area contributed by atoms with Gasteiger partial charge in [0.05, 0.1) is 42.9 Å². The van der Waals surface area contributed by atoms with Crippen molar-refractivity contribution in [1.82, 2.24) is 46.0 Å². The van der Waals surface area contributed by atoms with Crippen LogP contribution in [-0.4, -0.2) is 155 Å². The van der Waals surface area contributed by atoms with Crippen LogP contribution in [0, 0.1) is 34.3 Å². The van der Waals surface area contributed by atoms with Crippen LogP contribution in [0.5, 0.6) is 0 Å². The van der Waals surface area contributed by atoms with Crippen molar-refractivity contribution in [2.75, 3.05) is 57.9 Å². The Hall–Kier alpha value is -7.22. The van der Waals surface area contributed by atoms with Gasteiger partial charge in [-0.3, -0.25) is 19.9 Å². The number of anilines is 1. The Morgan fingerprint density at radius 3 is 1.94 bits per heavy atom. The molecule has 4 heterocycles. The highest BCUT2D eigenvalue weighted by molar-refractivity contribution is 5.87. The molecule has 0 bridgehead atoms. The predicted molar refractivity (Wildman–Crippen MR) is 263 cm³/mol. The number of nitrogens with one attached hydrogen (secondary N) is 4. The van der Waals surface area contributed by atoms with E-state index in [1.807, 2.05) is 16.8 Å². The van der Waals surface area contributed by atoms with E-state index in [-0.39, 0.29) is 21.4 Å². The molecule has 4 amide bonds. The summed E-state index contributed by atoms with van der Waals surface area (Å²) in [5.74, 6) is 0.558. The van der Waals surface area contributed by atoms with Crippen LogP contribution >= 0.6 is 0 Å². The van der Waals surface area contributed by atoms with Gasteiger partial charge in [-0.25, -0.2) is 33.0 Å². The Balaban J connectivity index is 1.31. The third-order valence-electron chi connectivity index (χ3n) is 13.8. The van der Waals surface area contributed by atoms with Crippen molar-refractivity contribution in [2.45, 2.75) is 96.3 Å². The number of hydrogen-bond acceptors (Lipinski definition) is 12. The number of aromatic nitrogens is 3. The Kier molecular flexibility index (Phi) is 19.5. The summed E-state index contributed by atoms with van der Waals surface area (Å²) >= 11 is 0. The van der Waals surface area contributed by atoms with Crippen LogP contribution < -0.4 is 26.3 Å². The van der Waals surface area contributed by atoms with E-state index in [9.17, 15) is 64.5 Å². The number of alkyl carbamates (subject to hydrolysis) is 1. The van der Waals surface area contributed by atoms with Gasteiger partial charge in [0.1, 0.15) is 29.5 Å². The molecule has 0 spiro atoms. The molecule has 28 heteroatoms. The minimum Gasteiger partial charge on any atom is -0.465 e. The van der Waals surface area contributed by atoms with Crippen LogP contribution in [0.1, 0.15) is 62.9 Å². The van der Waals surface area contributed by atoms with Crippen molar-refractivity contribution in [3.8, 4) is 23.0 Å². The van der Waals surface area contributed by atoms with E-state index >= 15 is 8.78 Å². The highest BCUT2D eigenvalue weighted by Gasteiger charge is 2.57. The number of piperazine rings is 1. The first kappa shape index (κ1) is 61.0. The Morgan fingerprint density at radius 1 is 0.823 bits per heavy atom. The summed E-state index contributed by atoms with van der Waals surface area (Å²) in [5.41, 5.74) is -4.50. The summed E-state index contributed by atoms with van der Waals surface area (Å²) in [4.78, 5) is 61.2. The third-order valence-corrected chi connectivity index (χ3v) is 13.8. The van der Waals surface area contributed by atoms with Crippen molar-refractivity contribution >= 4 is 29.8 Å². The molecule has 2 aliphatic heterocycles. The number of pyridine rings is 1. The maximum Gasteiger partial charge on any atom is 0.407 e. The third kappa shape index (κ3) is 15.3. The fraction of sp³-hybridized carbons (Fsp3) is 0.490. The number of benzene rings is 2. The minimum atomic E-state index is -5.28. The predicted octanol–water partition coefficient (Wildman–Crippen LogP) is 6.39. The zero-order valence-electron chi connectivity index (χ0n) is 43.2. The van der Waals surface area contributed by atoms with Gasteiger partial charge in [0.15, 0.2) is 0 Å². The van der Waals surface area contributed by atoms with Crippen LogP contribution in [-0.2, 0) is 32.0 Å². The van der Waals surface area contributed by atoms with Crippen LogP contribution in [0.15, 0.2) is 67.1 Å². The molecule has 430 valence electrons. The molecule has 18 nitrogen and oxygen atoms in total. The second-order valence-corrected chi connectivity index (χ2v) is 19.9. The number of ether oxygens (including phenoxy) is 2. The van der Waals surface area contributed by atoms with Gasteiger partial charge < -0.3 is 40.5 Å². The molecule has 6 rings (SSSR count). The average molecular weight is 1130 g/mol. The molecule has 5 atom stereocenters. The monoisotopic (exact) mass is 1130 g/mol. The number of rotatable bonds is 19. The number of hydrazine groups is 1. The van der Waals surface area contributed by atoms with E-state index in [0.29, 0.717) is 62.0 Å². The Morgan fingerprint density at radius 2 is 1.42 bits per heavy atom. The highest BCUT2D eigenvalue weighted by Crippen LogP contribution is 2.42. The number of aliphatic hydroxyl groups is 1. The van der Waals surface area contributed by atoms with Crippen molar-refractivity contribution in [3.05, 3.63) is 101 Å². The van der Waals surface area contributed by atoms with E-state index in [1.165, 1.54) is 29.6 Å². The lowest BCUT2D eigenvalue weighted by Crippen LogP contribution is -2.63. The molecule has 2 aliphatic rings. The summed E-state index contributed by atoms with van der Waals surface area (Å²) in [7, 11) is 0.810. The number of methoxy groups -OCH3 is 1.